The third-order valence-electron chi connectivity index (χ3n) is 3.89. The highest BCUT2D eigenvalue weighted by molar-refractivity contribution is 5.95. The van der Waals surface area contributed by atoms with Crippen molar-refractivity contribution in [1.29, 1.82) is 0 Å². The molecule has 1 unspecified atom stereocenters. The quantitative estimate of drug-likeness (QED) is 0.679. The maximum absolute atomic E-state index is 12.6. The summed E-state index contributed by atoms with van der Waals surface area (Å²) in [5.41, 5.74) is 1.57. The van der Waals surface area contributed by atoms with Crippen molar-refractivity contribution >= 4 is 12.0 Å². The highest BCUT2D eigenvalue weighted by Crippen LogP contribution is 2.35. The summed E-state index contributed by atoms with van der Waals surface area (Å²) in [5.74, 6) is 0.731. The summed E-state index contributed by atoms with van der Waals surface area (Å²) in [6, 6.07) is 4.40. The average Bonchev–Trinajstić information content (AvgIpc) is 2.60. The number of amides is 2. The molecule has 0 bridgehead atoms. The number of ether oxygens (including phenoxy) is 3. The molecule has 2 N–H and O–H groups in total. The largest absolute Gasteiger partial charge is 0.490 e. The second-order valence-electron chi connectivity index (χ2n) is 6.51. The molecule has 1 atom stereocenters. The molecule has 1 heterocycles. The smallest absolute Gasteiger partial charge is 0.338 e. The molecule has 2 amide bonds. The molecule has 7 nitrogen and oxygen atoms in total. The van der Waals surface area contributed by atoms with Gasteiger partial charge >= 0.3 is 12.0 Å². The number of nitrogens with one attached hydrogen (secondary N) is 2. The Balaban J connectivity index is 2.42. The second kappa shape index (κ2) is 9.30. The molecular weight excluding hydrogens is 348 g/mol. The lowest BCUT2D eigenvalue weighted by Crippen LogP contribution is -2.45. The van der Waals surface area contributed by atoms with Crippen molar-refractivity contribution < 1.29 is 23.8 Å². The average molecular weight is 376 g/mol. The van der Waals surface area contributed by atoms with Gasteiger partial charge in [-0.15, -0.1) is 0 Å². The highest BCUT2D eigenvalue weighted by Gasteiger charge is 2.32. The number of rotatable bonds is 8. The van der Waals surface area contributed by atoms with E-state index in [1.807, 2.05) is 33.8 Å². The molecule has 1 aliphatic heterocycles. The van der Waals surface area contributed by atoms with Gasteiger partial charge in [-0.25, -0.2) is 9.59 Å². The van der Waals surface area contributed by atoms with E-state index < -0.39 is 12.0 Å². The van der Waals surface area contributed by atoms with Crippen LogP contribution in [0.2, 0.25) is 0 Å². The van der Waals surface area contributed by atoms with Crippen molar-refractivity contribution in [2.45, 2.75) is 53.2 Å². The molecule has 0 spiro atoms. The summed E-state index contributed by atoms with van der Waals surface area (Å²) < 4.78 is 16.8. The normalized spacial score (nSPS) is 16.7. The fourth-order valence-electron chi connectivity index (χ4n) is 2.81. The van der Waals surface area contributed by atoms with Crippen LogP contribution in [0, 0.1) is 0 Å². The summed E-state index contributed by atoms with van der Waals surface area (Å²) in [5, 5.41) is 5.43. The first kappa shape index (κ1) is 20.6. The van der Waals surface area contributed by atoms with Crippen molar-refractivity contribution in [3.63, 3.8) is 0 Å². The van der Waals surface area contributed by atoms with Crippen LogP contribution in [-0.4, -0.2) is 31.3 Å². The third kappa shape index (κ3) is 5.15. The van der Waals surface area contributed by atoms with Crippen molar-refractivity contribution in [1.82, 2.24) is 10.6 Å². The fraction of sp³-hybridized carbons (Fsp3) is 0.500. The van der Waals surface area contributed by atoms with Crippen LogP contribution in [-0.2, 0) is 9.53 Å². The van der Waals surface area contributed by atoms with Crippen molar-refractivity contribution in [3.05, 3.63) is 35.0 Å². The Hall–Kier alpha value is -2.70. The molecule has 0 aromatic heterocycles. The SMILES string of the molecule is CCCOC(=O)C1=C(C)NC(=O)NC1c1ccc(OC(C)C)c(OCC)c1. The highest BCUT2D eigenvalue weighted by atomic mass is 16.5. The zero-order valence-electron chi connectivity index (χ0n) is 16.5. The number of allylic oxidation sites excluding steroid dienone is 1. The molecule has 0 aliphatic carbocycles. The summed E-state index contributed by atoms with van der Waals surface area (Å²) in [6.07, 6.45) is 0.716. The number of carbonyl (C=O) groups excluding carboxylic acids is 2. The van der Waals surface area contributed by atoms with Crippen LogP contribution >= 0.6 is 0 Å². The minimum atomic E-state index is -0.629. The number of hydrogen-bond acceptors (Lipinski definition) is 5. The Bertz CT molecular complexity index is 727. The van der Waals surface area contributed by atoms with Gasteiger partial charge in [0.25, 0.3) is 0 Å². The van der Waals surface area contributed by atoms with Gasteiger partial charge in [-0.3, -0.25) is 0 Å². The molecule has 1 aromatic rings. The number of carbonyl (C=O) groups is 2. The lowest BCUT2D eigenvalue weighted by atomic mass is 9.95. The minimum Gasteiger partial charge on any atom is -0.490 e. The summed E-state index contributed by atoms with van der Waals surface area (Å²) in [6.45, 7) is 10.2. The molecule has 0 saturated carbocycles. The van der Waals surface area contributed by atoms with Gasteiger partial charge in [0, 0.05) is 5.70 Å². The van der Waals surface area contributed by atoms with Crippen LogP contribution in [0.1, 0.15) is 52.6 Å². The van der Waals surface area contributed by atoms with E-state index in [-0.39, 0.29) is 12.1 Å². The Labute approximate surface area is 160 Å². The van der Waals surface area contributed by atoms with E-state index in [1.165, 1.54) is 0 Å². The molecule has 2 rings (SSSR count). The van der Waals surface area contributed by atoms with Gasteiger partial charge in [-0.2, -0.15) is 0 Å². The standard InChI is InChI=1S/C20H28N2O5/c1-6-10-26-19(23)17-13(5)21-20(24)22-18(17)14-8-9-15(27-12(3)4)16(11-14)25-7-2/h8-9,11-12,18H,6-7,10H2,1-5H3,(H2,21,22,24). The van der Waals surface area contributed by atoms with Crippen LogP contribution in [0.3, 0.4) is 0 Å². The molecule has 7 heteroatoms. The van der Waals surface area contributed by atoms with Gasteiger partial charge in [0.2, 0.25) is 0 Å². The maximum Gasteiger partial charge on any atom is 0.338 e. The summed E-state index contributed by atoms with van der Waals surface area (Å²) >= 11 is 0. The molecule has 1 aliphatic rings. The van der Waals surface area contributed by atoms with E-state index in [1.54, 1.807) is 19.1 Å². The van der Waals surface area contributed by atoms with E-state index in [2.05, 4.69) is 10.6 Å². The number of esters is 1. The van der Waals surface area contributed by atoms with E-state index in [0.717, 1.165) is 6.42 Å². The zero-order valence-corrected chi connectivity index (χ0v) is 16.5. The monoisotopic (exact) mass is 376 g/mol. The molecular formula is C20H28N2O5. The number of urea groups is 1. The van der Waals surface area contributed by atoms with E-state index in [9.17, 15) is 9.59 Å². The lowest BCUT2D eigenvalue weighted by Gasteiger charge is -2.28. The van der Waals surface area contributed by atoms with Gasteiger partial charge in [0.15, 0.2) is 11.5 Å². The second-order valence-corrected chi connectivity index (χ2v) is 6.51. The molecule has 148 valence electrons. The van der Waals surface area contributed by atoms with Gasteiger partial charge < -0.3 is 24.8 Å². The van der Waals surface area contributed by atoms with Crippen LogP contribution in [0.25, 0.3) is 0 Å². The maximum atomic E-state index is 12.6. The lowest BCUT2D eigenvalue weighted by molar-refractivity contribution is -0.139. The molecule has 0 radical (unpaired) electrons. The van der Waals surface area contributed by atoms with Crippen LogP contribution < -0.4 is 20.1 Å². The van der Waals surface area contributed by atoms with Crippen LogP contribution in [0.15, 0.2) is 29.5 Å². The minimum absolute atomic E-state index is 0.00429. The van der Waals surface area contributed by atoms with Gasteiger partial charge in [-0.05, 0) is 51.8 Å². The summed E-state index contributed by atoms with van der Waals surface area (Å²) in [4.78, 5) is 24.6. The van der Waals surface area contributed by atoms with E-state index in [4.69, 9.17) is 14.2 Å². The summed E-state index contributed by atoms with van der Waals surface area (Å²) in [7, 11) is 0. The topological polar surface area (TPSA) is 85.9 Å². The fourth-order valence-corrected chi connectivity index (χ4v) is 2.81. The Morgan fingerprint density at radius 3 is 2.59 bits per heavy atom. The van der Waals surface area contributed by atoms with Crippen LogP contribution in [0.5, 0.6) is 11.5 Å². The van der Waals surface area contributed by atoms with Gasteiger partial charge in [0.05, 0.1) is 30.9 Å². The van der Waals surface area contributed by atoms with Gasteiger partial charge in [-0.1, -0.05) is 13.0 Å². The third-order valence-corrected chi connectivity index (χ3v) is 3.89. The number of hydrogen-bond donors (Lipinski definition) is 2. The van der Waals surface area contributed by atoms with Crippen molar-refractivity contribution in [3.8, 4) is 11.5 Å². The number of benzene rings is 1. The molecule has 0 saturated heterocycles. The van der Waals surface area contributed by atoms with Gasteiger partial charge in [0.1, 0.15) is 0 Å². The Morgan fingerprint density at radius 1 is 1.22 bits per heavy atom. The first-order valence-corrected chi connectivity index (χ1v) is 9.26. The first-order chi connectivity index (χ1) is 12.9. The predicted octanol–water partition coefficient (Wildman–Crippen LogP) is 3.45. The van der Waals surface area contributed by atoms with E-state index in [0.29, 0.717) is 41.5 Å². The first-order valence-electron chi connectivity index (χ1n) is 9.26. The predicted molar refractivity (Wildman–Crippen MR) is 102 cm³/mol. The Kier molecular flexibility index (Phi) is 7.10. The molecule has 0 fully saturated rings. The van der Waals surface area contributed by atoms with Crippen LogP contribution in [0.4, 0.5) is 4.79 Å². The zero-order chi connectivity index (χ0) is 20.0. The van der Waals surface area contributed by atoms with Crippen molar-refractivity contribution in [2.24, 2.45) is 0 Å². The Morgan fingerprint density at radius 2 is 1.96 bits per heavy atom. The molecule has 1 aromatic carbocycles. The van der Waals surface area contributed by atoms with E-state index >= 15 is 0 Å². The molecule has 27 heavy (non-hydrogen) atoms. The van der Waals surface area contributed by atoms with Crippen molar-refractivity contribution in [2.75, 3.05) is 13.2 Å².